The van der Waals surface area contributed by atoms with Crippen LogP contribution in [0.1, 0.15) is 180 Å². The number of carboxylic acids is 2. The number of carbonyl (C=O) groups excluding carboxylic acids is 2. The second-order valence-corrected chi connectivity index (χ2v) is 16.6. The van der Waals surface area contributed by atoms with Crippen LogP contribution < -0.4 is 22.1 Å². The molecule has 0 heterocycles. The van der Waals surface area contributed by atoms with Gasteiger partial charge in [-0.1, -0.05) is 163 Å². The van der Waals surface area contributed by atoms with Crippen LogP contribution in [0.15, 0.2) is 0 Å². The van der Waals surface area contributed by atoms with E-state index in [1.807, 2.05) is 0 Å². The van der Waals surface area contributed by atoms with E-state index >= 15 is 0 Å². The summed E-state index contributed by atoms with van der Waals surface area (Å²) in [7, 11) is 3.17. The van der Waals surface area contributed by atoms with Crippen molar-refractivity contribution in [1.29, 1.82) is 0 Å². The fraction of sp³-hybridized carbons (Fsp3) is 0.895. The van der Waals surface area contributed by atoms with Crippen molar-refractivity contribution in [2.24, 2.45) is 0 Å². The number of quaternary nitrogens is 2. The zero-order valence-corrected chi connectivity index (χ0v) is 33.2. The van der Waals surface area contributed by atoms with E-state index in [1.165, 1.54) is 103 Å². The van der Waals surface area contributed by atoms with Crippen LogP contribution in [0.3, 0.4) is 0 Å². The Hall–Kier alpha value is -1.50. The van der Waals surface area contributed by atoms with Crippen molar-refractivity contribution in [2.75, 3.05) is 24.6 Å². The smallest absolute Gasteiger partial charge is 0.303 e. The van der Waals surface area contributed by atoms with Gasteiger partial charge in [0.05, 0.1) is 11.5 Å². The average Bonchev–Trinajstić information content (AvgIpc) is 3.08. The van der Waals surface area contributed by atoms with E-state index < -0.39 is 11.9 Å². The van der Waals surface area contributed by atoms with Gasteiger partial charge < -0.3 is 32.3 Å². The second kappa shape index (κ2) is 37.3. The van der Waals surface area contributed by atoms with E-state index in [2.05, 4.69) is 22.1 Å². The number of rotatable bonds is 39. The van der Waals surface area contributed by atoms with E-state index in [-0.39, 0.29) is 23.9 Å². The Bertz CT molecular complexity index is 773. The molecule has 0 saturated heterocycles. The van der Waals surface area contributed by atoms with Crippen molar-refractivity contribution in [3.63, 3.8) is 0 Å². The van der Waals surface area contributed by atoms with Crippen LogP contribution in [0.2, 0.25) is 0 Å². The molecule has 0 fully saturated rings. The molecule has 0 aromatic heterocycles. The van der Waals surface area contributed by atoms with E-state index in [0.29, 0.717) is 37.4 Å². The highest BCUT2D eigenvalue weighted by molar-refractivity contribution is 8.76. The molecular formula is C38H76N4O6S2+2. The van der Waals surface area contributed by atoms with Gasteiger partial charge in [-0.2, -0.15) is 0 Å². The normalized spacial score (nSPS) is 12.4. The Labute approximate surface area is 312 Å². The molecule has 0 aromatic carbocycles. The van der Waals surface area contributed by atoms with E-state index in [9.17, 15) is 19.2 Å². The number of carbonyl (C=O) groups is 4. The maximum Gasteiger partial charge on any atom is 0.303 e. The molecule has 10 N–H and O–H groups in total. The summed E-state index contributed by atoms with van der Waals surface area (Å²) >= 11 is 0. The highest BCUT2D eigenvalue weighted by atomic mass is 33.1. The molecule has 0 spiro atoms. The first kappa shape index (κ1) is 48.5. The zero-order chi connectivity index (χ0) is 36.9. The maximum atomic E-state index is 12.4. The van der Waals surface area contributed by atoms with Crippen molar-refractivity contribution in [1.82, 2.24) is 10.6 Å². The molecular weight excluding hydrogens is 673 g/mol. The second-order valence-electron chi connectivity index (χ2n) is 14.0. The molecule has 0 aliphatic heterocycles. The van der Waals surface area contributed by atoms with Crippen molar-refractivity contribution in [3.05, 3.63) is 0 Å². The molecule has 2 atom stereocenters. The SMILES string of the molecule is [NH3+]C(CSSCC([NH3+])C(=O)NCCCCCCCCCCCCCCCC(=O)O)C(=O)NCCCCCCCCCCCCCCCC(=O)O. The lowest BCUT2D eigenvalue weighted by atomic mass is 10.0. The number of aliphatic carboxylic acids is 2. The summed E-state index contributed by atoms with van der Waals surface area (Å²) in [6.07, 6.45) is 31.1. The number of amides is 2. The lowest BCUT2D eigenvalue weighted by Crippen LogP contribution is -2.69. The largest absolute Gasteiger partial charge is 0.481 e. The van der Waals surface area contributed by atoms with Crippen LogP contribution in [-0.4, -0.2) is 70.6 Å². The van der Waals surface area contributed by atoms with Gasteiger partial charge in [0.15, 0.2) is 12.1 Å². The first-order chi connectivity index (χ1) is 24.2. The molecule has 0 aliphatic carbocycles. The summed E-state index contributed by atoms with van der Waals surface area (Å²) in [6.45, 7) is 1.41. The molecule has 0 bridgehead atoms. The predicted octanol–water partition coefficient (Wildman–Crippen LogP) is 6.91. The van der Waals surface area contributed by atoms with E-state index in [0.717, 1.165) is 64.2 Å². The van der Waals surface area contributed by atoms with Gasteiger partial charge in [0.25, 0.3) is 11.8 Å². The number of hydrogen-bond donors (Lipinski definition) is 6. The standard InChI is InChI=1S/C38H74N4O6S2/c39-33(37(47)41-29-25-21-17-13-9-5-1-3-7-11-15-19-23-27-35(43)44)31-49-50-32-34(40)38(48)42-30-26-22-18-14-10-6-2-4-8-12-16-20-24-28-36(45)46/h33-34H,1-32,39-40H2,(H,41,47)(H,42,48)(H,43,44)(H,45,46)/p+2. The lowest BCUT2D eigenvalue weighted by molar-refractivity contribution is -0.396. The topological polar surface area (TPSA) is 188 Å². The number of unbranched alkanes of at least 4 members (excludes halogenated alkanes) is 24. The lowest BCUT2D eigenvalue weighted by Gasteiger charge is -2.11. The van der Waals surface area contributed by atoms with Crippen LogP contribution in [-0.2, 0) is 19.2 Å². The minimum Gasteiger partial charge on any atom is -0.481 e. The molecule has 10 nitrogen and oxygen atoms in total. The van der Waals surface area contributed by atoms with Crippen LogP contribution in [0.25, 0.3) is 0 Å². The molecule has 50 heavy (non-hydrogen) atoms. The van der Waals surface area contributed by atoms with Gasteiger partial charge in [-0.3, -0.25) is 19.2 Å². The van der Waals surface area contributed by atoms with Crippen LogP contribution in [0.5, 0.6) is 0 Å². The van der Waals surface area contributed by atoms with E-state index in [1.54, 1.807) is 21.6 Å². The minimum absolute atomic E-state index is 0.00204. The molecule has 12 heteroatoms. The maximum absolute atomic E-state index is 12.4. The molecule has 2 amide bonds. The Balaban J connectivity index is 3.47. The van der Waals surface area contributed by atoms with Crippen molar-refractivity contribution in [3.8, 4) is 0 Å². The highest BCUT2D eigenvalue weighted by Gasteiger charge is 2.20. The van der Waals surface area contributed by atoms with Crippen molar-refractivity contribution >= 4 is 45.3 Å². The molecule has 0 aliphatic rings. The van der Waals surface area contributed by atoms with Gasteiger partial charge in [-0.25, -0.2) is 0 Å². The molecule has 0 rings (SSSR count). The van der Waals surface area contributed by atoms with Crippen LogP contribution in [0, 0.1) is 0 Å². The zero-order valence-electron chi connectivity index (χ0n) is 31.5. The molecule has 0 aromatic rings. The summed E-state index contributed by atoms with van der Waals surface area (Å²) in [5.74, 6) is -0.135. The highest BCUT2D eigenvalue weighted by Crippen LogP contribution is 2.21. The number of hydrogen-bond acceptors (Lipinski definition) is 6. The van der Waals surface area contributed by atoms with Gasteiger partial charge in [-0.05, 0) is 25.7 Å². The molecule has 0 saturated carbocycles. The Morgan fingerprint density at radius 3 is 0.860 bits per heavy atom. The van der Waals surface area contributed by atoms with E-state index in [4.69, 9.17) is 10.2 Å². The third-order valence-electron chi connectivity index (χ3n) is 9.10. The first-order valence-electron chi connectivity index (χ1n) is 20.1. The summed E-state index contributed by atoms with van der Waals surface area (Å²) in [5.41, 5.74) is 8.03. The fourth-order valence-electron chi connectivity index (χ4n) is 5.82. The van der Waals surface area contributed by atoms with Crippen molar-refractivity contribution < 1.29 is 40.9 Å². The number of carboxylic acid groups (broad SMARTS) is 2. The third-order valence-corrected chi connectivity index (χ3v) is 11.7. The Morgan fingerprint density at radius 2 is 0.620 bits per heavy atom. The predicted molar refractivity (Wildman–Crippen MR) is 209 cm³/mol. The summed E-state index contributed by atoms with van der Waals surface area (Å²) in [4.78, 5) is 45.7. The summed E-state index contributed by atoms with van der Waals surface area (Å²) in [5, 5.41) is 23.3. The van der Waals surface area contributed by atoms with Crippen LogP contribution >= 0.6 is 21.6 Å². The molecule has 2 unspecified atom stereocenters. The van der Waals surface area contributed by atoms with Crippen molar-refractivity contribution in [2.45, 2.75) is 192 Å². The molecule has 294 valence electrons. The van der Waals surface area contributed by atoms with Gasteiger partial charge >= 0.3 is 11.9 Å². The fourth-order valence-corrected chi connectivity index (χ4v) is 8.20. The van der Waals surface area contributed by atoms with Gasteiger partial charge in [0, 0.05) is 25.9 Å². The molecule has 0 radical (unpaired) electrons. The van der Waals surface area contributed by atoms with Crippen LogP contribution in [0.4, 0.5) is 0 Å². The Kier molecular flexibility index (Phi) is 36.1. The van der Waals surface area contributed by atoms with Gasteiger partial charge in [0.2, 0.25) is 0 Å². The summed E-state index contributed by atoms with van der Waals surface area (Å²) in [6, 6.07) is -0.607. The number of nitrogens with one attached hydrogen (secondary N) is 2. The average molecular weight is 749 g/mol. The monoisotopic (exact) mass is 749 g/mol. The third kappa shape index (κ3) is 36.3. The first-order valence-corrected chi connectivity index (χ1v) is 22.6. The quantitative estimate of drug-likeness (QED) is 0.0289. The minimum atomic E-state index is -0.686. The Morgan fingerprint density at radius 1 is 0.400 bits per heavy atom. The van der Waals surface area contributed by atoms with Gasteiger partial charge in [0.1, 0.15) is 0 Å². The van der Waals surface area contributed by atoms with Gasteiger partial charge in [-0.15, -0.1) is 0 Å². The summed E-state index contributed by atoms with van der Waals surface area (Å²) < 4.78 is 0.